The van der Waals surface area contributed by atoms with E-state index in [4.69, 9.17) is 27.9 Å². The number of hydrogen-bond donors (Lipinski definition) is 1. The second-order valence-electron chi connectivity index (χ2n) is 7.55. The standard InChI is InChI=1S/C25H21Cl2NO4/c1-32-23-19(27)12-11-16(15-7-3-2-4-8-15)22(23)24(29)28-20(13-14-21(28)25(30)31)17-9-5-6-10-18(17)26/h2-12,20-21H,13-14H2,1H3,(H,30,31). The number of methoxy groups -OCH3 is 1. The predicted octanol–water partition coefficient (Wildman–Crippen LogP) is 6.10. The summed E-state index contributed by atoms with van der Waals surface area (Å²) >= 11 is 12.8. The summed E-state index contributed by atoms with van der Waals surface area (Å²) in [7, 11) is 1.44. The molecule has 2 unspecified atom stereocenters. The first-order valence-electron chi connectivity index (χ1n) is 10.2. The lowest BCUT2D eigenvalue weighted by Gasteiger charge is -2.30. The second kappa shape index (κ2) is 9.23. The molecule has 7 heteroatoms. The third kappa shape index (κ3) is 3.94. The van der Waals surface area contributed by atoms with Gasteiger partial charge in [-0.1, -0.05) is 77.8 Å². The summed E-state index contributed by atoms with van der Waals surface area (Å²) in [5.74, 6) is -1.31. The molecule has 4 rings (SSSR count). The molecular weight excluding hydrogens is 449 g/mol. The fourth-order valence-corrected chi connectivity index (χ4v) is 4.84. The lowest BCUT2D eigenvalue weighted by Crippen LogP contribution is -2.42. The Morgan fingerprint density at radius 3 is 2.28 bits per heavy atom. The van der Waals surface area contributed by atoms with E-state index in [1.165, 1.54) is 12.0 Å². The van der Waals surface area contributed by atoms with E-state index in [2.05, 4.69) is 0 Å². The first kappa shape index (κ1) is 22.2. The minimum Gasteiger partial charge on any atom is -0.494 e. The van der Waals surface area contributed by atoms with Crippen molar-refractivity contribution >= 4 is 35.1 Å². The van der Waals surface area contributed by atoms with E-state index < -0.39 is 24.0 Å². The van der Waals surface area contributed by atoms with Crippen LogP contribution in [-0.2, 0) is 4.79 Å². The van der Waals surface area contributed by atoms with Crippen molar-refractivity contribution in [3.8, 4) is 16.9 Å². The SMILES string of the molecule is COc1c(Cl)ccc(-c2ccccc2)c1C(=O)N1C(C(=O)O)CCC1c1ccccc1Cl. The van der Waals surface area contributed by atoms with Gasteiger partial charge in [-0.2, -0.15) is 0 Å². The van der Waals surface area contributed by atoms with Gasteiger partial charge in [0.25, 0.3) is 5.91 Å². The number of aliphatic carboxylic acids is 1. The van der Waals surface area contributed by atoms with Crippen LogP contribution in [0.3, 0.4) is 0 Å². The average molecular weight is 470 g/mol. The molecule has 3 aromatic carbocycles. The molecule has 0 aromatic heterocycles. The number of carboxylic acids is 1. The summed E-state index contributed by atoms with van der Waals surface area (Å²) < 4.78 is 5.53. The van der Waals surface area contributed by atoms with Crippen LogP contribution in [0.4, 0.5) is 0 Å². The van der Waals surface area contributed by atoms with Gasteiger partial charge in [0, 0.05) is 5.02 Å². The van der Waals surface area contributed by atoms with Crippen molar-refractivity contribution < 1.29 is 19.4 Å². The number of likely N-dealkylation sites (tertiary alicyclic amines) is 1. The van der Waals surface area contributed by atoms with Crippen LogP contribution in [0.15, 0.2) is 66.7 Å². The van der Waals surface area contributed by atoms with Crippen LogP contribution < -0.4 is 4.74 Å². The van der Waals surface area contributed by atoms with Gasteiger partial charge in [-0.05, 0) is 41.7 Å². The molecule has 1 aliphatic rings. The molecule has 0 radical (unpaired) electrons. The van der Waals surface area contributed by atoms with Gasteiger partial charge >= 0.3 is 5.97 Å². The molecule has 1 aliphatic heterocycles. The maximum absolute atomic E-state index is 14.1. The van der Waals surface area contributed by atoms with Crippen LogP contribution in [0.1, 0.15) is 34.8 Å². The number of halogens is 2. The smallest absolute Gasteiger partial charge is 0.326 e. The van der Waals surface area contributed by atoms with Crippen molar-refractivity contribution in [1.29, 1.82) is 0 Å². The number of ether oxygens (including phenoxy) is 1. The zero-order valence-electron chi connectivity index (χ0n) is 17.3. The number of amides is 1. The van der Waals surface area contributed by atoms with Crippen molar-refractivity contribution in [3.63, 3.8) is 0 Å². The fourth-order valence-electron chi connectivity index (χ4n) is 4.34. The van der Waals surface area contributed by atoms with Gasteiger partial charge in [0.05, 0.1) is 23.7 Å². The van der Waals surface area contributed by atoms with Crippen molar-refractivity contribution in [1.82, 2.24) is 4.90 Å². The quantitative estimate of drug-likeness (QED) is 0.490. The predicted molar refractivity (Wildman–Crippen MR) is 124 cm³/mol. The molecule has 0 saturated carbocycles. The number of carbonyl (C=O) groups excluding carboxylic acids is 1. The Kier molecular flexibility index (Phi) is 6.40. The van der Waals surface area contributed by atoms with Crippen LogP contribution in [0.5, 0.6) is 5.75 Å². The molecule has 0 aliphatic carbocycles. The molecule has 1 N–H and O–H groups in total. The summed E-state index contributed by atoms with van der Waals surface area (Å²) in [4.78, 5) is 27.6. The topological polar surface area (TPSA) is 66.8 Å². The Hall–Kier alpha value is -3.02. The molecule has 5 nitrogen and oxygen atoms in total. The highest BCUT2D eigenvalue weighted by molar-refractivity contribution is 6.33. The molecule has 1 amide bonds. The third-order valence-electron chi connectivity index (χ3n) is 5.78. The van der Waals surface area contributed by atoms with Crippen LogP contribution in [-0.4, -0.2) is 35.0 Å². The molecule has 2 atom stereocenters. The molecular formula is C25H21Cl2NO4. The summed E-state index contributed by atoms with van der Waals surface area (Å²) in [5.41, 5.74) is 2.36. The minimum atomic E-state index is -1.06. The van der Waals surface area contributed by atoms with Gasteiger partial charge in [0.2, 0.25) is 0 Å². The Bertz CT molecular complexity index is 1170. The van der Waals surface area contributed by atoms with Gasteiger partial charge in [-0.15, -0.1) is 0 Å². The van der Waals surface area contributed by atoms with E-state index in [1.54, 1.807) is 24.3 Å². The summed E-state index contributed by atoms with van der Waals surface area (Å²) in [6, 6.07) is 18.5. The lowest BCUT2D eigenvalue weighted by molar-refractivity contribution is -0.141. The first-order chi connectivity index (χ1) is 15.4. The van der Waals surface area contributed by atoms with E-state index in [0.717, 1.165) is 5.56 Å². The zero-order valence-corrected chi connectivity index (χ0v) is 18.8. The van der Waals surface area contributed by atoms with E-state index in [0.29, 0.717) is 29.0 Å². The largest absolute Gasteiger partial charge is 0.494 e. The molecule has 1 fully saturated rings. The third-order valence-corrected chi connectivity index (χ3v) is 6.42. The van der Waals surface area contributed by atoms with E-state index in [1.807, 2.05) is 42.5 Å². The molecule has 32 heavy (non-hydrogen) atoms. The molecule has 1 heterocycles. The Morgan fingerprint density at radius 1 is 0.938 bits per heavy atom. The maximum Gasteiger partial charge on any atom is 0.326 e. The highest BCUT2D eigenvalue weighted by Crippen LogP contribution is 2.44. The van der Waals surface area contributed by atoms with Crippen molar-refractivity contribution in [2.75, 3.05) is 7.11 Å². The number of carboxylic acid groups (broad SMARTS) is 1. The van der Waals surface area contributed by atoms with Crippen molar-refractivity contribution in [2.45, 2.75) is 24.9 Å². The summed E-state index contributed by atoms with van der Waals surface area (Å²) in [5, 5.41) is 10.7. The van der Waals surface area contributed by atoms with Crippen LogP contribution >= 0.6 is 23.2 Å². The zero-order chi connectivity index (χ0) is 22.8. The molecule has 1 saturated heterocycles. The van der Waals surface area contributed by atoms with Crippen LogP contribution in [0.2, 0.25) is 10.0 Å². The van der Waals surface area contributed by atoms with Crippen molar-refractivity contribution in [2.24, 2.45) is 0 Å². The van der Waals surface area contributed by atoms with E-state index in [9.17, 15) is 14.7 Å². The number of rotatable bonds is 5. The maximum atomic E-state index is 14.1. The average Bonchev–Trinajstić information content (AvgIpc) is 3.24. The van der Waals surface area contributed by atoms with Gasteiger partial charge in [0.15, 0.2) is 5.75 Å². The van der Waals surface area contributed by atoms with Gasteiger partial charge < -0.3 is 14.7 Å². The Morgan fingerprint density at radius 2 is 1.62 bits per heavy atom. The summed E-state index contributed by atoms with van der Waals surface area (Å²) in [6.45, 7) is 0. The number of nitrogens with zero attached hydrogens (tertiary/aromatic N) is 1. The monoisotopic (exact) mass is 469 g/mol. The van der Waals surface area contributed by atoms with Gasteiger partial charge in [0.1, 0.15) is 6.04 Å². The number of benzene rings is 3. The van der Waals surface area contributed by atoms with Gasteiger partial charge in [-0.3, -0.25) is 4.79 Å². The van der Waals surface area contributed by atoms with Crippen molar-refractivity contribution in [3.05, 3.63) is 87.9 Å². The minimum absolute atomic E-state index is 0.215. The first-order valence-corrected chi connectivity index (χ1v) is 10.9. The fraction of sp³-hybridized carbons (Fsp3) is 0.200. The highest BCUT2D eigenvalue weighted by atomic mass is 35.5. The molecule has 164 valence electrons. The van der Waals surface area contributed by atoms with E-state index in [-0.39, 0.29) is 16.3 Å². The number of hydrogen-bond acceptors (Lipinski definition) is 3. The molecule has 0 bridgehead atoms. The molecule has 0 spiro atoms. The lowest BCUT2D eigenvalue weighted by atomic mass is 9.96. The van der Waals surface area contributed by atoms with Crippen LogP contribution in [0, 0.1) is 0 Å². The van der Waals surface area contributed by atoms with E-state index >= 15 is 0 Å². The highest BCUT2D eigenvalue weighted by Gasteiger charge is 2.44. The Balaban J connectivity index is 1.90. The normalized spacial score (nSPS) is 17.9. The number of carbonyl (C=O) groups is 2. The Labute approximate surface area is 196 Å². The summed E-state index contributed by atoms with van der Waals surface area (Å²) in [6.07, 6.45) is 0.802. The molecule has 3 aromatic rings. The van der Waals surface area contributed by atoms with Gasteiger partial charge in [-0.25, -0.2) is 4.79 Å². The van der Waals surface area contributed by atoms with Crippen LogP contribution in [0.25, 0.3) is 11.1 Å². The second-order valence-corrected chi connectivity index (χ2v) is 8.36.